The number of hydrogen-bond acceptors (Lipinski definition) is 5. The summed E-state index contributed by atoms with van der Waals surface area (Å²) in [5.74, 6) is -0.216. The van der Waals surface area contributed by atoms with Gasteiger partial charge in [0.05, 0.1) is 16.5 Å². The SMILES string of the molecule is CS(=O)(=O)Nc1cccc(CNC(=O)c2ccccc2-c2nc3ccccc3s2)c1. The fourth-order valence-electron chi connectivity index (χ4n) is 3.09. The Balaban J connectivity index is 1.54. The van der Waals surface area contributed by atoms with Crippen LogP contribution in [0.4, 0.5) is 5.69 Å². The molecule has 6 nitrogen and oxygen atoms in total. The lowest BCUT2D eigenvalue weighted by molar-refractivity contribution is 0.0951. The highest BCUT2D eigenvalue weighted by molar-refractivity contribution is 7.92. The van der Waals surface area contributed by atoms with Crippen LogP contribution in [0.2, 0.25) is 0 Å². The predicted molar refractivity (Wildman–Crippen MR) is 121 cm³/mol. The molecule has 4 rings (SSSR count). The Morgan fingerprint density at radius 2 is 1.77 bits per heavy atom. The monoisotopic (exact) mass is 437 g/mol. The summed E-state index contributed by atoms with van der Waals surface area (Å²) in [6, 6.07) is 22.2. The number of thiazole rings is 1. The van der Waals surface area contributed by atoms with Crippen LogP contribution in [0, 0.1) is 0 Å². The number of carbonyl (C=O) groups excluding carboxylic acids is 1. The fraction of sp³-hybridized carbons (Fsp3) is 0.0909. The maximum Gasteiger partial charge on any atom is 0.252 e. The van der Waals surface area contributed by atoms with Crippen molar-refractivity contribution >= 4 is 43.2 Å². The Kier molecular flexibility index (Phi) is 5.52. The van der Waals surface area contributed by atoms with Crippen molar-refractivity contribution in [3.8, 4) is 10.6 Å². The Morgan fingerprint density at radius 3 is 2.57 bits per heavy atom. The second kappa shape index (κ2) is 8.25. The van der Waals surface area contributed by atoms with E-state index in [2.05, 4.69) is 15.0 Å². The van der Waals surface area contributed by atoms with Crippen LogP contribution in [0.5, 0.6) is 0 Å². The summed E-state index contributed by atoms with van der Waals surface area (Å²) in [5, 5.41) is 3.70. The number of nitrogens with zero attached hydrogens (tertiary/aromatic N) is 1. The number of para-hydroxylation sites is 1. The number of aromatic nitrogens is 1. The quantitative estimate of drug-likeness (QED) is 0.472. The molecule has 4 aromatic rings. The van der Waals surface area contributed by atoms with Gasteiger partial charge < -0.3 is 5.32 Å². The smallest absolute Gasteiger partial charge is 0.252 e. The molecule has 30 heavy (non-hydrogen) atoms. The van der Waals surface area contributed by atoms with E-state index in [1.165, 1.54) is 0 Å². The van der Waals surface area contributed by atoms with E-state index >= 15 is 0 Å². The summed E-state index contributed by atoms with van der Waals surface area (Å²) in [6.45, 7) is 0.270. The number of benzene rings is 3. The minimum Gasteiger partial charge on any atom is -0.348 e. The van der Waals surface area contributed by atoms with Crippen LogP contribution >= 0.6 is 11.3 Å². The number of nitrogens with one attached hydrogen (secondary N) is 2. The molecule has 0 aliphatic carbocycles. The zero-order chi connectivity index (χ0) is 21.1. The molecule has 3 aromatic carbocycles. The van der Waals surface area contributed by atoms with Crippen molar-refractivity contribution in [3.05, 3.63) is 83.9 Å². The number of rotatable bonds is 6. The van der Waals surface area contributed by atoms with Gasteiger partial charge in [-0.25, -0.2) is 13.4 Å². The largest absolute Gasteiger partial charge is 0.348 e. The van der Waals surface area contributed by atoms with E-state index in [1.54, 1.807) is 35.6 Å². The fourth-order valence-corrected chi connectivity index (χ4v) is 4.65. The molecule has 152 valence electrons. The topological polar surface area (TPSA) is 88.2 Å². The Morgan fingerprint density at radius 1 is 1.00 bits per heavy atom. The van der Waals surface area contributed by atoms with Gasteiger partial charge in [0.25, 0.3) is 5.91 Å². The molecular weight excluding hydrogens is 418 g/mol. The Hall–Kier alpha value is -3.23. The molecular formula is C22H19N3O3S2. The maximum atomic E-state index is 12.9. The van der Waals surface area contributed by atoms with E-state index in [0.29, 0.717) is 11.3 Å². The third kappa shape index (κ3) is 4.67. The summed E-state index contributed by atoms with van der Waals surface area (Å²) >= 11 is 1.55. The van der Waals surface area contributed by atoms with Crippen molar-refractivity contribution in [2.24, 2.45) is 0 Å². The summed E-state index contributed by atoms with van der Waals surface area (Å²) in [4.78, 5) is 17.6. The van der Waals surface area contributed by atoms with E-state index in [1.807, 2.05) is 48.5 Å². The van der Waals surface area contributed by atoms with Gasteiger partial charge in [0.1, 0.15) is 5.01 Å². The van der Waals surface area contributed by atoms with Crippen molar-refractivity contribution in [2.45, 2.75) is 6.54 Å². The second-order valence-electron chi connectivity index (χ2n) is 6.79. The van der Waals surface area contributed by atoms with Crippen molar-refractivity contribution in [1.29, 1.82) is 0 Å². The number of hydrogen-bond donors (Lipinski definition) is 2. The molecule has 1 amide bonds. The summed E-state index contributed by atoms with van der Waals surface area (Å²) < 4.78 is 26.3. The van der Waals surface area contributed by atoms with Crippen LogP contribution in [0.1, 0.15) is 15.9 Å². The molecule has 0 unspecified atom stereocenters. The van der Waals surface area contributed by atoms with Crippen molar-refractivity contribution in [1.82, 2.24) is 10.3 Å². The van der Waals surface area contributed by atoms with Crippen LogP contribution in [-0.4, -0.2) is 25.6 Å². The summed E-state index contributed by atoms with van der Waals surface area (Å²) in [7, 11) is -3.36. The highest BCUT2D eigenvalue weighted by atomic mass is 32.2. The average Bonchev–Trinajstić information content (AvgIpc) is 3.15. The maximum absolute atomic E-state index is 12.9. The van der Waals surface area contributed by atoms with Gasteiger partial charge in [-0.15, -0.1) is 11.3 Å². The van der Waals surface area contributed by atoms with Gasteiger partial charge in [-0.1, -0.05) is 42.5 Å². The number of fused-ring (bicyclic) bond motifs is 1. The molecule has 2 N–H and O–H groups in total. The summed E-state index contributed by atoms with van der Waals surface area (Å²) in [6.07, 6.45) is 1.10. The number of amides is 1. The lowest BCUT2D eigenvalue weighted by atomic mass is 10.1. The molecule has 0 bridgehead atoms. The molecule has 8 heteroatoms. The normalized spacial score (nSPS) is 11.4. The van der Waals surface area contributed by atoms with Gasteiger partial charge in [0, 0.05) is 23.4 Å². The van der Waals surface area contributed by atoms with Gasteiger partial charge in [-0.05, 0) is 35.9 Å². The zero-order valence-corrected chi connectivity index (χ0v) is 17.8. The number of carbonyl (C=O) groups is 1. The minimum absolute atomic E-state index is 0.216. The van der Waals surface area contributed by atoms with Crippen LogP contribution < -0.4 is 10.0 Å². The third-order valence-electron chi connectivity index (χ3n) is 4.38. The Bertz CT molecular complexity index is 1300. The Labute approximate surface area is 178 Å². The van der Waals surface area contributed by atoms with Gasteiger partial charge in [0.15, 0.2) is 0 Å². The second-order valence-corrected chi connectivity index (χ2v) is 9.57. The third-order valence-corrected chi connectivity index (χ3v) is 6.06. The van der Waals surface area contributed by atoms with Gasteiger partial charge in [-0.2, -0.15) is 0 Å². The van der Waals surface area contributed by atoms with E-state index in [-0.39, 0.29) is 12.5 Å². The number of anilines is 1. The van der Waals surface area contributed by atoms with E-state index in [4.69, 9.17) is 0 Å². The van der Waals surface area contributed by atoms with Crippen molar-refractivity contribution in [3.63, 3.8) is 0 Å². The first kappa shape index (κ1) is 20.1. The standard InChI is InChI=1S/C22H19N3O3S2/c1-30(27,28)25-16-8-6-7-15(13-16)14-23-21(26)17-9-2-3-10-18(17)22-24-19-11-4-5-12-20(19)29-22/h2-13,25H,14H2,1H3,(H,23,26). The van der Waals surface area contributed by atoms with E-state index in [0.717, 1.165) is 32.6 Å². The first-order valence-electron chi connectivity index (χ1n) is 9.19. The molecule has 0 saturated heterocycles. The van der Waals surface area contributed by atoms with Gasteiger partial charge in [-0.3, -0.25) is 9.52 Å². The highest BCUT2D eigenvalue weighted by Gasteiger charge is 2.15. The van der Waals surface area contributed by atoms with Crippen LogP contribution in [0.3, 0.4) is 0 Å². The van der Waals surface area contributed by atoms with Gasteiger partial charge in [0.2, 0.25) is 10.0 Å². The average molecular weight is 438 g/mol. The minimum atomic E-state index is -3.36. The lowest BCUT2D eigenvalue weighted by Gasteiger charge is -2.10. The first-order valence-corrected chi connectivity index (χ1v) is 11.9. The molecule has 1 aromatic heterocycles. The molecule has 0 spiro atoms. The molecule has 0 saturated carbocycles. The predicted octanol–water partition coefficient (Wildman–Crippen LogP) is 4.26. The van der Waals surface area contributed by atoms with Crippen LogP contribution in [0.25, 0.3) is 20.8 Å². The molecule has 0 aliphatic rings. The molecule has 0 atom stereocenters. The molecule has 0 radical (unpaired) electrons. The molecule has 1 heterocycles. The van der Waals surface area contributed by atoms with Crippen molar-refractivity contribution < 1.29 is 13.2 Å². The summed E-state index contributed by atoms with van der Waals surface area (Å²) in [5.41, 5.74) is 3.47. The van der Waals surface area contributed by atoms with Crippen LogP contribution in [0.15, 0.2) is 72.8 Å². The lowest BCUT2D eigenvalue weighted by Crippen LogP contribution is -2.23. The number of sulfonamides is 1. The zero-order valence-electron chi connectivity index (χ0n) is 16.1. The van der Waals surface area contributed by atoms with Gasteiger partial charge >= 0.3 is 0 Å². The highest BCUT2D eigenvalue weighted by Crippen LogP contribution is 2.32. The molecule has 0 aliphatic heterocycles. The first-order chi connectivity index (χ1) is 14.4. The van der Waals surface area contributed by atoms with Crippen molar-refractivity contribution in [2.75, 3.05) is 11.0 Å². The molecule has 0 fully saturated rings. The van der Waals surface area contributed by atoms with Crippen LogP contribution in [-0.2, 0) is 16.6 Å². The van der Waals surface area contributed by atoms with E-state index in [9.17, 15) is 13.2 Å². The van der Waals surface area contributed by atoms with E-state index < -0.39 is 10.0 Å².